The van der Waals surface area contributed by atoms with Crippen molar-refractivity contribution in [3.63, 3.8) is 0 Å². The van der Waals surface area contributed by atoms with E-state index in [2.05, 4.69) is 0 Å². The minimum Gasteiger partial charge on any atom is -0.361 e. The molecule has 1 aromatic carbocycles. The highest BCUT2D eigenvalue weighted by molar-refractivity contribution is 5.86. The number of halogens is 3. The van der Waals surface area contributed by atoms with Crippen molar-refractivity contribution in [1.29, 1.82) is 0 Å². The van der Waals surface area contributed by atoms with E-state index in [-0.39, 0.29) is 0 Å². The first-order valence-corrected chi connectivity index (χ1v) is 7.52. The molecule has 5 nitrogen and oxygen atoms in total. The van der Waals surface area contributed by atoms with E-state index in [1.807, 2.05) is 0 Å². The Kier molecular flexibility index (Phi) is 3.71. The predicted octanol–water partition coefficient (Wildman–Crippen LogP) is 2.36. The van der Waals surface area contributed by atoms with Crippen LogP contribution in [0, 0.1) is 0 Å². The number of ether oxygens (including phenoxy) is 2. The standard InChI is InChI=1S/C16H18F3NO4/c1-9(10-7-5-4-6-8-10)20-13(21)11-12(24-14(2,3)23-11)15(20,22)16(17,18)19/h4-9,11-12,22H,1-3H3/t9-,11-,12+,15-/m1/s1. The zero-order valence-electron chi connectivity index (χ0n) is 13.4. The van der Waals surface area contributed by atoms with Crippen LogP contribution >= 0.6 is 0 Å². The van der Waals surface area contributed by atoms with Crippen LogP contribution in [-0.4, -0.2) is 45.8 Å². The van der Waals surface area contributed by atoms with Crippen LogP contribution < -0.4 is 0 Å². The maximum absolute atomic E-state index is 13.8. The van der Waals surface area contributed by atoms with E-state index in [1.165, 1.54) is 20.8 Å². The molecule has 1 N–H and O–H groups in total. The molecule has 2 fully saturated rings. The zero-order chi connectivity index (χ0) is 17.9. The van der Waals surface area contributed by atoms with Gasteiger partial charge in [0, 0.05) is 0 Å². The number of carbonyl (C=O) groups excluding carboxylic acids is 1. The molecule has 0 unspecified atom stereocenters. The Morgan fingerprint density at radius 3 is 2.33 bits per heavy atom. The van der Waals surface area contributed by atoms with Crippen LogP contribution in [0.3, 0.4) is 0 Å². The van der Waals surface area contributed by atoms with Gasteiger partial charge in [0.05, 0.1) is 6.04 Å². The van der Waals surface area contributed by atoms with Gasteiger partial charge in [-0.3, -0.25) is 9.69 Å². The molecule has 0 spiro atoms. The fourth-order valence-corrected chi connectivity index (χ4v) is 3.34. The molecule has 2 aliphatic rings. The highest BCUT2D eigenvalue weighted by Gasteiger charge is 2.76. The Hall–Kier alpha value is -1.64. The van der Waals surface area contributed by atoms with Gasteiger partial charge in [0.1, 0.15) is 0 Å². The third-order valence-corrected chi connectivity index (χ3v) is 4.43. The second kappa shape index (κ2) is 5.18. The molecule has 3 rings (SSSR count). The number of hydrogen-bond donors (Lipinski definition) is 1. The van der Waals surface area contributed by atoms with E-state index < -0.39 is 41.8 Å². The lowest BCUT2D eigenvalue weighted by molar-refractivity contribution is -0.340. The largest absolute Gasteiger partial charge is 0.439 e. The normalized spacial score (nSPS) is 33.6. The van der Waals surface area contributed by atoms with Crippen molar-refractivity contribution in [1.82, 2.24) is 4.90 Å². The summed E-state index contributed by atoms with van der Waals surface area (Å²) in [6.07, 6.45) is -8.45. The van der Waals surface area contributed by atoms with Crippen LogP contribution in [0.25, 0.3) is 0 Å². The molecular weight excluding hydrogens is 327 g/mol. The van der Waals surface area contributed by atoms with Crippen molar-refractivity contribution in [2.45, 2.75) is 56.7 Å². The maximum Gasteiger partial charge on any atom is 0.439 e. The number of nitrogens with zero attached hydrogens (tertiary/aromatic N) is 1. The fourth-order valence-electron chi connectivity index (χ4n) is 3.34. The van der Waals surface area contributed by atoms with Crippen LogP contribution in [0.2, 0.25) is 0 Å². The number of hydrogen-bond acceptors (Lipinski definition) is 4. The zero-order valence-corrected chi connectivity index (χ0v) is 13.4. The molecule has 0 aromatic heterocycles. The average molecular weight is 345 g/mol. The summed E-state index contributed by atoms with van der Waals surface area (Å²) in [7, 11) is 0. The summed E-state index contributed by atoms with van der Waals surface area (Å²) in [6.45, 7) is 4.23. The van der Waals surface area contributed by atoms with Crippen LogP contribution in [-0.2, 0) is 14.3 Å². The predicted molar refractivity (Wildman–Crippen MR) is 76.5 cm³/mol. The van der Waals surface area contributed by atoms with E-state index in [4.69, 9.17) is 9.47 Å². The summed E-state index contributed by atoms with van der Waals surface area (Å²) in [4.78, 5) is 13.0. The minimum absolute atomic E-state index is 0.424. The molecule has 1 aromatic rings. The molecule has 2 saturated heterocycles. The first-order chi connectivity index (χ1) is 11.0. The second-order valence-corrected chi connectivity index (χ2v) is 6.50. The van der Waals surface area contributed by atoms with Crippen molar-refractivity contribution < 1.29 is 32.5 Å². The number of alkyl halides is 3. The molecule has 2 heterocycles. The van der Waals surface area contributed by atoms with Crippen LogP contribution in [0.15, 0.2) is 30.3 Å². The van der Waals surface area contributed by atoms with E-state index in [0.29, 0.717) is 10.5 Å². The molecule has 132 valence electrons. The van der Waals surface area contributed by atoms with Gasteiger partial charge in [0.2, 0.25) is 0 Å². The lowest BCUT2D eigenvalue weighted by Gasteiger charge is -2.41. The van der Waals surface area contributed by atoms with E-state index in [1.54, 1.807) is 30.3 Å². The Morgan fingerprint density at radius 1 is 1.21 bits per heavy atom. The monoisotopic (exact) mass is 345 g/mol. The number of rotatable bonds is 2. The van der Waals surface area contributed by atoms with Gasteiger partial charge >= 0.3 is 6.18 Å². The number of likely N-dealkylation sites (tertiary alicyclic amines) is 1. The van der Waals surface area contributed by atoms with Crippen molar-refractivity contribution in [3.05, 3.63) is 35.9 Å². The second-order valence-electron chi connectivity index (χ2n) is 6.50. The summed E-state index contributed by atoms with van der Waals surface area (Å²) in [5.41, 5.74) is -3.00. The molecule has 0 bridgehead atoms. The van der Waals surface area contributed by atoms with Gasteiger partial charge in [-0.2, -0.15) is 13.2 Å². The summed E-state index contributed by atoms with van der Waals surface area (Å²) in [6, 6.07) is 7.18. The van der Waals surface area contributed by atoms with Crippen LogP contribution in [0.5, 0.6) is 0 Å². The quantitative estimate of drug-likeness (QED) is 0.894. The topological polar surface area (TPSA) is 59.0 Å². The Bertz CT molecular complexity index is 648. The average Bonchev–Trinajstić information content (AvgIpc) is 2.91. The lowest BCUT2D eigenvalue weighted by atomic mass is 10.0. The molecule has 8 heteroatoms. The fraction of sp³-hybridized carbons (Fsp3) is 0.562. The first kappa shape index (κ1) is 17.2. The van der Waals surface area contributed by atoms with Gasteiger partial charge in [0.15, 0.2) is 18.0 Å². The summed E-state index contributed by atoms with van der Waals surface area (Å²) < 4.78 is 51.8. The minimum atomic E-state index is -5.10. The third kappa shape index (κ3) is 2.32. The van der Waals surface area contributed by atoms with Crippen molar-refractivity contribution in [2.24, 2.45) is 0 Å². The highest BCUT2D eigenvalue weighted by atomic mass is 19.4. The Labute approximate surface area is 137 Å². The molecule has 0 aliphatic carbocycles. The maximum atomic E-state index is 13.8. The number of benzene rings is 1. The van der Waals surface area contributed by atoms with Gasteiger partial charge in [-0.25, -0.2) is 0 Å². The van der Waals surface area contributed by atoms with Gasteiger partial charge in [-0.05, 0) is 26.3 Å². The molecular formula is C16H18F3NO4. The van der Waals surface area contributed by atoms with E-state index in [9.17, 15) is 23.1 Å². The van der Waals surface area contributed by atoms with Gasteiger partial charge < -0.3 is 14.6 Å². The molecule has 0 saturated carbocycles. The smallest absolute Gasteiger partial charge is 0.361 e. The van der Waals surface area contributed by atoms with Crippen molar-refractivity contribution in [2.75, 3.05) is 0 Å². The highest BCUT2D eigenvalue weighted by Crippen LogP contribution is 2.51. The van der Waals surface area contributed by atoms with Gasteiger partial charge in [-0.1, -0.05) is 30.3 Å². The van der Waals surface area contributed by atoms with Gasteiger partial charge in [-0.15, -0.1) is 0 Å². The van der Waals surface area contributed by atoms with Crippen LogP contribution in [0.4, 0.5) is 13.2 Å². The van der Waals surface area contributed by atoms with E-state index >= 15 is 0 Å². The lowest BCUT2D eigenvalue weighted by Crippen LogP contribution is -2.63. The number of aliphatic hydroxyl groups is 1. The summed E-state index contributed by atoms with van der Waals surface area (Å²) in [5.74, 6) is -2.33. The van der Waals surface area contributed by atoms with Gasteiger partial charge in [0.25, 0.3) is 11.6 Å². The summed E-state index contributed by atoms with van der Waals surface area (Å²) >= 11 is 0. The van der Waals surface area contributed by atoms with Crippen molar-refractivity contribution in [3.8, 4) is 0 Å². The first-order valence-electron chi connectivity index (χ1n) is 7.52. The molecule has 24 heavy (non-hydrogen) atoms. The number of amides is 1. The molecule has 1 amide bonds. The molecule has 4 atom stereocenters. The Balaban J connectivity index is 2.07. The molecule has 0 radical (unpaired) electrons. The molecule has 2 aliphatic heterocycles. The summed E-state index contributed by atoms with van der Waals surface area (Å²) in [5, 5.41) is 10.6. The SMILES string of the molecule is C[C@H](c1ccccc1)N1C(=O)[C@@H]2OC(C)(C)O[C@@H]2[C@@]1(O)C(F)(F)F. The van der Waals surface area contributed by atoms with Crippen LogP contribution in [0.1, 0.15) is 32.4 Å². The Morgan fingerprint density at radius 2 is 1.79 bits per heavy atom. The number of fused-ring (bicyclic) bond motifs is 1. The van der Waals surface area contributed by atoms with Crippen molar-refractivity contribution >= 4 is 5.91 Å². The third-order valence-electron chi connectivity index (χ3n) is 4.43. The number of carbonyl (C=O) groups is 1. The van der Waals surface area contributed by atoms with E-state index in [0.717, 1.165) is 0 Å².